The van der Waals surface area contributed by atoms with Crippen molar-refractivity contribution in [2.24, 2.45) is 0 Å². The van der Waals surface area contributed by atoms with Crippen LogP contribution in [0.15, 0.2) is 24.3 Å². The molecule has 0 bridgehead atoms. The summed E-state index contributed by atoms with van der Waals surface area (Å²) in [4.78, 5) is 21.7. The number of carbonyl (C=O) groups is 2. The van der Waals surface area contributed by atoms with Crippen molar-refractivity contribution in [3.05, 3.63) is 34.9 Å². The van der Waals surface area contributed by atoms with Crippen LogP contribution in [0.5, 0.6) is 0 Å². The zero-order valence-electron chi connectivity index (χ0n) is 10.8. The highest BCUT2D eigenvalue weighted by Crippen LogP contribution is 2.09. The van der Waals surface area contributed by atoms with Gasteiger partial charge in [0.05, 0.1) is 0 Å². The summed E-state index contributed by atoms with van der Waals surface area (Å²) in [6.07, 6.45) is -0.813. The molecule has 0 aliphatic carbocycles. The molecule has 1 rings (SSSR count). The number of aliphatic hydroxyl groups is 1. The van der Waals surface area contributed by atoms with Crippen molar-refractivity contribution >= 4 is 23.6 Å². The van der Waals surface area contributed by atoms with E-state index in [1.807, 2.05) is 12.1 Å². The van der Waals surface area contributed by atoms with Crippen LogP contribution in [0.3, 0.4) is 0 Å². The first-order valence-corrected chi connectivity index (χ1v) is 6.54. The van der Waals surface area contributed by atoms with Crippen LogP contribution in [-0.4, -0.2) is 41.4 Å². The van der Waals surface area contributed by atoms with Crippen molar-refractivity contribution in [2.75, 3.05) is 13.1 Å². The van der Waals surface area contributed by atoms with Crippen molar-refractivity contribution in [2.45, 2.75) is 18.9 Å². The van der Waals surface area contributed by atoms with Crippen molar-refractivity contribution in [3.63, 3.8) is 0 Å². The minimum Gasteiger partial charge on any atom is -0.479 e. The predicted octanol–water partition coefficient (Wildman–Crippen LogP) is 1.02. The lowest BCUT2D eigenvalue weighted by Crippen LogP contribution is -2.38. The number of carboxylic acid groups (broad SMARTS) is 1. The van der Waals surface area contributed by atoms with Gasteiger partial charge in [-0.1, -0.05) is 23.7 Å². The molecular formula is C13H17ClN2O4. The maximum atomic E-state index is 11.4. The third-order valence-electron chi connectivity index (χ3n) is 2.60. The molecule has 20 heavy (non-hydrogen) atoms. The van der Waals surface area contributed by atoms with Crippen LogP contribution in [0.25, 0.3) is 0 Å². The maximum absolute atomic E-state index is 11.4. The molecule has 0 fully saturated rings. The number of carbonyl (C=O) groups excluding carboxylic acids is 1. The summed E-state index contributed by atoms with van der Waals surface area (Å²) in [5, 5.41) is 23.2. The average molecular weight is 301 g/mol. The number of amides is 2. The van der Waals surface area contributed by atoms with Gasteiger partial charge < -0.3 is 20.8 Å². The zero-order valence-corrected chi connectivity index (χ0v) is 11.6. The Kier molecular flexibility index (Phi) is 6.83. The molecule has 0 aliphatic rings. The second-order valence-corrected chi connectivity index (χ2v) is 4.64. The summed E-state index contributed by atoms with van der Waals surface area (Å²) in [5.41, 5.74) is 1.05. The van der Waals surface area contributed by atoms with E-state index in [-0.39, 0.29) is 13.0 Å². The van der Waals surface area contributed by atoms with Crippen LogP contribution in [-0.2, 0) is 11.2 Å². The molecule has 7 heteroatoms. The van der Waals surface area contributed by atoms with Gasteiger partial charge in [-0.25, -0.2) is 9.59 Å². The third-order valence-corrected chi connectivity index (χ3v) is 2.85. The lowest BCUT2D eigenvalue weighted by atomic mass is 10.1. The van der Waals surface area contributed by atoms with Gasteiger partial charge in [0, 0.05) is 24.5 Å². The van der Waals surface area contributed by atoms with Crippen LogP contribution in [0.2, 0.25) is 5.02 Å². The van der Waals surface area contributed by atoms with Gasteiger partial charge in [-0.3, -0.25) is 0 Å². The second-order valence-electron chi connectivity index (χ2n) is 4.20. The number of benzene rings is 1. The van der Waals surface area contributed by atoms with Crippen LogP contribution in [0, 0.1) is 0 Å². The third kappa shape index (κ3) is 6.40. The molecule has 110 valence electrons. The first kappa shape index (κ1) is 16.3. The highest BCUT2D eigenvalue weighted by Gasteiger charge is 2.12. The number of hydrogen-bond donors (Lipinski definition) is 4. The van der Waals surface area contributed by atoms with Gasteiger partial charge in [0.25, 0.3) is 0 Å². The molecule has 0 aliphatic heterocycles. The predicted molar refractivity (Wildman–Crippen MR) is 74.8 cm³/mol. The molecule has 1 atom stereocenters. The average Bonchev–Trinajstić information content (AvgIpc) is 2.40. The zero-order chi connectivity index (χ0) is 15.0. The molecule has 0 radical (unpaired) electrons. The Balaban J connectivity index is 2.14. The number of nitrogens with one attached hydrogen (secondary N) is 2. The molecule has 4 N–H and O–H groups in total. The highest BCUT2D eigenvalue weighted by atomic mass is 35.5. The van der Waals surface area contributed by atoms with Gasteiger partial charge in [0.15, 0.2) is 6.10 Å². The van der Waals surface area contributed by atoms with E-state index < -0.39 is 18.1 Å². The number of urea groups is 1. The fourth-order valence-electron chi connectivity index (χ4n) is 1.48. The van der Waals surface area contributed by atoms with E-state index in [1.54, 1.807) is 12.1 Å². The van der Waals surface area contributed by atoms with Crippen LogP contribution >= 0.6 is 11.6 Å². The number of aliphatic hydroxyl groups excluding tert-OH is 1. The normalized spacial score (nSPS) is 11.7. The quantitative estimate of drug-likeness (QED) is 0.604. The molecule has 2 amide bonds. The summed E-state index contributed by atoms with van der Waals surface area (Å²) >= 11 is 5.76. The minimum atomic E-state index is -1.45. The molecule has 0 spiro atoms. The summed E-state index contributed by atoms with van der Waals surface area (Å²) in [6.45, 7) is 0.551. The SMILES string of the molecule is O=C(NCCc1ccc(Cl)cc1)NCCC(O)C(=O)O. The first-order valence-electron chi connectivity index (χ1n) is 6.16. The number of hydrogen-bond acceptors (Lipinski definition) is 3. The van der Waals surface area contributed by atoms with Crippen LogP contribution in [0.1, 0.15) is 12.0 Å². The van der Waals surface area contributed by atoms with Crippen molar-refractivity contribution in [1.29, 1.82) is 0 Å². The van der Waals surface area contributed by atoms with Gasteiger partial charge >= 0.3 is 12.0 Å². The molecule has 0 saturated heterocycles. The van der Waals surface area contributed by atoms with E-state index in [0.29, 0.717) is 18.0 Å². The van der Waals surface area contributed by atoms with Crippen molar-refractivity contribution < 1.29 is 19.8 Å². The van der Waals surface area contributed by atoms with Gasteiger partial charge in [-0.15, -0.1) is 0 Å². The van der Waals surface area contributed by atoms with Crippen molar-refractivity contribution in [3.8, 4) is 0 Å². The Labute approximate surface area is 121 Å². The van der Waals surface area contributed by atoms with E-state index in [9.17, 15) is 9.59 Å². The second kappa shape index (κ2) is 8.39. The fraction of sp³-hybridized carbons (Fsp3) is 0.385. The molecule has 0 aromatic heterocycles. The molecule has 1 aromatic rings. The van der Waals surface area contributed by atoms with Gasteiger partial charge in [-0.2, -0.15) is 0 Å². The number of rotatable bonds is 7. The molecule has 0 heterocycles. The fourth-order valence-corrected chi connectivity index (χ4v) is 1.61. The lowest BCUT2D eigenvalue weighted by molar-refractivity contribution is -0.146. The summed E-state index contributed by atoms with van der Waals surface area (Å²) in [7, 11) is 0. The minimum absolute atomic E-state index is 0.0278. The number of carboxylic acids is 1. The van der Waals surface area contributed by atoms with Crippen LogP contribution < -0.4 is 10.6 Å². The van der Waals surface area contributed by atoms with E-state index in [2.05, 4.69) is 10.6 Å². The van der Waals surface area contributed by atoms with Gasteiger partial charge in [0.1, 0.15) is 0 Å². The van der Waals surface area contributed by atoms with E-state index in [4.69, 9.17) is 21.8 Å². The van der Waals surface area contributed by atoms with E-state index in [0.717, 1.165) is 5.56 Å². The lowest BCUT2D eigenvalue weighted by Gasteiger charge is -2.09. The van der Waals surface area contributed by atoms with E-state index >= 15 is 0 Å². The Bertz CT molecular complexity index is 450. The molecule has 1 unspecified atom stereocenters. The number of halogens is 1. The molecule has 6 nitrogen and oxygen atoms in total. The number of aliphatic carboxylic acids is 1. The van der Waals surface area contributed by atoms with Crippen LogP contribution in [0.4, 0.5) is 4.79 Å². The van der Waals surface area contributed by atoms with E-state index in [1.165, 1.54) is 0 Å². The molecule has 1 aromatic carbocycles. The topological polar surface area (TPSA) is 98.7 Å². The standard InChI is InChI=1S/C13H17ClN2O4/c14-10-3-1-9(2-4-10)5-7-15-13(20)16-8-6-11(17)12(18)19/h1-4,11,17H,5-8H2,(H,18,19)(H2,15,16,20). The smallest absolute Gasteiger partial charge is 0.332 e. The first-order chi connectivity index (χ1) is 9.49. The monoisotopic (exact) mass is 300 g/mol. The van der Waals surface area contributed by atoms with Crippen molar-refractivity contribution in [1.82, 2.24) is 10.6 Å². The van der Waals surface area contributed by atoms with Gasteiger partial charge in [-0.05, 0) is 24.1 Å². The Morgan fingerprint density at radius 3 is 2.35 bits per heavy atom. The Hall–Kier alpha value is -1.79. The summed E-state index contributed by atoms with van der Waals surface area (Å²) in [6, 6.07) is 6.93. The highest BCUT2D eigenvalue weighted by molar-refractivity contribution is 6.30. The summed E-state index contributed by atoms with van der Waals surface area (Å²) in [5.74, 6) is -1.30. The summed E-state index contributed by atoms with van der Waals surface area (Å²) < 4.78 is 0. The molecule has 0 saturated carbocycles. The maximum Gasteiger partial charge on any atom is 0.332 e. The largest absolute Gasteiger partial charge is 0.479 e. The Morgan fingerprint density at radius 1 is 1.15 bits per heavy atom. The van der Waals surface area contributed by atoms with Gasteiger partial charge in [0.2, 0.25) is 0 Å². The molecular weight excluding hydrogens is 284 g/mol. The Morgan fingerprint density at radius 2 is 1.75 bits per heavy atom.